The molecule has 2 aliphatic carbocycles. The van der Waals surface area contributed by atoms with Gasteiger partial charge in [-0.05, 0) is 78.0 Å². The van der Waals surface area contributed by atoms with Crippen molar-refractivity contribution < 1.29 is 22.3 Å². The second-order valence-electron chi connectivity index (χ2n) is 9.51. The van der Waals surface area contributed by atoms with Crippen LogP contribution in [0.1, 0.15) is 80.0 Å². The van der Waals surface area contributed by atoms with Gasteiger partial charge < -0.3 is 4.74 Å². The Hall–Kier alpha value is -2.30. The maximum absolute atomic E-state index is 15.0. The van der Waals surface area contributed by atoms with Gasteiger partial charge >= 0.3 is 6.36 Å². The van der Waals surface area contributed by atoms with Crippen molar-refractivity contribution in [3.8, 4) is 5.75 Å². The van der Waals surface area contributed by atoms with Crippen LogP contribution in [-0.4, -0.2) is 12.5 Å². The molecule has 1 saturated carbocycles. The van der Waals surface area contributed by atoms with Crippen LogP contribution in [0.3, 0.4) is 0 Å². The summed E-state index contributed by atoms with van der Waals surface area (Å²) in [6.07, 6.45) is 5.34. The van der Waals surface area contributed by atoms with Crippen LogP contribution in [-0.2, 0) is 12.8 Å². The second kappa shape index (κ2) is 10.3. The summed E-state index contributed by atoms with van der Waals surface area (Å²) in [7, 11) is 0. The van der Waals surface area contributed by atoms with Crippen molar-refractivity contribution in [3.05, 3.63) is 70.8 Å². The predicted octanol–water partition coefficient (Wildman–Crippen LogP) is 8.57. The third-order valence-electron chi connectivity index (χ3n) is 7.17. The van der Waals surface area contributed by atoms with E-state index in [0.717, 1.165) is 47.1 Å². The summed E-state index contributed by atoms with van der Waals surface area (Å²) in [5.41, 5.74) is 5.17. The summed E-state index contributed by atoms with van der Waals surface area (Å²) >= 11 is 0. The van der Waals surface area contributed by atoms with Crippen LogP contribution in [0.2, 0.25) is 0 Å². The van der Waals surface area contributed by atoms with Crippen LogP contribution in [0.4, 0.5) is 17.6 Å². The fourth-order valence-electron chi connectivity index (χ4n) is 5.35. The van der Waals surface area contributed by atoms with E-state index < -0.39 is 12.5 Å². The van der Waals surface area contributed by atoms with Gasteiger partial charge in [0.15, 0.2) is 0 Å². The summed E-state index contributed by atoms with van der Waals surface area (Å²) in [5.74, 6) is 0.328. The molecule has 2 aliphatic rings. The molecular formula is C28H32F4O. The summed E-state index contributed by atoms with van der Waals surface area (Å²) in [5, 5.41) is 0. The van der Waals surface area contributed by atoms with Crippen molar-refractivity contribution in [1.82, 2.24) is 0 Å². The summed E-state index contributed by atoms with van der Waals surface area (Å²) in [6.45, 7) is 2.20. The predicted molar refractivity (Wildman–Crippen MR) is 124 cm³/mol. The van der Waals surface area contributed by atoms with Gasteiger partial charge in [0, 0.05) is 5.92 Å². The molecule has 0 saturated heterocycles. The molecule has 0 amide bonds. The van der Waals surface area contributed by atoms with Gasteiger partial charge in [0.1, 0.15) is 11.9 Å². The van der Waals surface area contributed by atoms with Crippen molar-refractivity contribution in [3.63, 3.8) is 0 Å². The van der Waals surface area contributed by atoms with Gasteiger partial charge in [-0.1, -0.05) is 69.0 Å². The van der Waals surface area contributed by atoms with Gasteiger partial charge in [0.25, 0.3) is 0 Å². The van der Waals surface area contributed by atoms with E-state index >= 15 is 0 Å². The molecule has 0 N–H and O–H groups in total. The average Bonchev–Trinajstić information content (AvgIpc) is 2.78. The molecule has 3 unspecified atom stereocenters. The first-order valence-electron chi connectivity index (χ1n) is 12.1. The van der Waals surface area contributed by atoms with E-state index in [9.17, 15) is 17.6 Å². The molecule has 0 aliphatic heterocycles. The highest BCUT2D eigenvalue weighted by atomic mass is 19.4. The highest BCUT2D eigenvalue weighted by molar-refractivity contribution is 5.71. The van der Waals surface area contributed by atoms with E-state index in [4.69, 9.17) is 0 Å². The molecule has 0 aromatic heterocycles. The lowest BCUT2D eigenvalue weighted by Crippen LogP contribution is -2.24. The van der Waals surface area contributed by atoms with Gasteiger partial charge in [-0.2, -0.15) is 0 Å². The lowest BCUT2D eigenvalue weighted by atomic mass is 9.75. The van der Waals surface area contributed by atoms with Crippen LogP contribution < -0.4 is 4.74 Å². The molecule has 2 aromatic rings. The number of halogens is 4. The number of fused-ring (bicyclic) bond motifs is 1. The SMILES string of the molecule is CCCCCC1CCC(c2ccc(C3=CCc4cc(OC(F)(F)F)ccc4C3)cc2)C(F)C1. The van der Waals surface area contributed by atoms with Crippen molar-refractivity contribution >= 4 is 5.57 Å². The molecule has 5 heteroatoms. The molecule has 0 radical (unpaired) electrons. The Morgan fingerprint density at radius 3 is 2.45 bits per heavy atom. The zero-order valence-corrected chi connectivity index (χ0v) is 19.1. The fourth-order valence-corrected chi connectivity index (χ4v) is 5.35. The summed E-state index contributed by atoms with van der Waals surface area (Å²) in [6, 6.07) is 12.8. The van der Waals surface area contributed by atoms with Crippen LogP contribution in [0, 0.1) is 5.92 Å². The Morgan fingerprint density at radius 1 is 0.970 bits per heavy atom. The summed E-state index contributed by atoms with van der Waals surface area (Å²) in [4.78, 5) is 0. The van der Waals surface area contributed by atoms with Crippen molar-refractivity contribution in [2.24, 2.45) is 5.92 Å². The number of rotatable bonds is 7. The topological polar surface area (TPSA) is 9.23 Å². The quantitative estimate of drug-likeness (QED) is 0.297. The van der Waals surface area contributed by atoms with E-state index in [1.807, 2.05) is 0 Å². The Balaban J connectivity index is 1.37. The van der Waals surface area contributed by atoms with Crippen LogP contribution in [0.25, 0.3) is 5.57 Å². The Kier molecular flexibility index (Phi) is 7.45. The Morgan fingerprint density at radius 2 is 1.76 bits per heavy atom. The maximum Gasteiger partial charge on any atom is 0.573 e. The second-order valence-corrected chi connectivity index (χ2v) is 9.51. The number of hydrogen-bond acceptors (Lipinski definition) is 1. The molecular weight excluding hydrogens is 428 g/mol. The lowest BCUT2D eigenvalue weighted by molar-refractivity contribution is -0.274. The van der Waals surface area contributed by atoms with Gasteiger partial charge in [-0.25, -0.2) is 4.39 Å². The Bertz CT molecular complexity index is 961. The molecule has 178 valence electrons. The number of unbranched alkanes of at least 4 members (excludes halogenated alkanes) is 2. The molecule has 1 nitrogen and oxygen atoms in total. The van der Waals surface area contributed by atoms with E-state index in [1.165, 1.54) is 31.4 Å². The smallest absolute Gasteiger partial charge is 0.406 e. The zero-order chi connectivity index (χ0) is 23.4. The molecule has 0 heterocycles. The molecule has 0 spiro atoms. The first-order chi connectivity index (χ1) is 15.8. The zero-order valence-electron chi connectivity index (χ0n) is 19.1. The number of allylic oxidation sites excluding steroid dienone is 2. The lowest BCUT2D eigenvalue weighted by Gasteiger charge is -2.32. The van der Waals surface area contributed by atoms with Gasteiger partial charge in [-0.3, -0.25) is 0 Å². The molecule has 33 heavy (non-hydrogen) atoms. The average molecular weight is 461 g/mol. The number of benzene rings is 2. The fraction of sp³-hybridized carbons (Fsp3) is 0.500. The van der Waals surface area contributed by atoms with Crippen LogP contribution in [0.15, 0.2) is 48.5 Å². The van der Waals surface area contributed by atoms with E-state index in [1.54, 1.807) is 6.07 Å². The minimum Gasteiger partial charge on any atom is -0.406 e. The Labute approximate surface area is 193 Å². The minimum absolute atomic E-state index is 0.0189. The van der Waals surface area contributed by atoms with Crippen molar-refractivity contribution in [2.75, 3.05) is 0 Å². The largest absolute Gasteiger partial charge is 0.573 e. The standard InChI is InChI=1S/C28H32F4O/c1-2-3-4-5-19-6-15-26(27(29)16-19)21-9-7-20(8-10-21)22-11-12-24-18-25(33-28(30,31)32)14-13-23(24)17-22/h7-11,13-14,18-19,26-27H,2-6,12,15-17H2,1H3. The van der Waals surface area contributed by atoms with E-state index in [-0.39, 0.29) is 11.7 Å². The third kappa shape index (κ3) is 6.18. The van der Waals surface area contributed by atoms with E-state index in [0.29, 0.717) is 25.2 Å². The molecule has 3 atom stereocenters. The van der Waals surface area contributed by atoms with Crippen molar-refractivity contribution in [1.29, 1.82) is 0 Å². The first kappa shape index (κ1) is 23.8. The highest BCUT2D eigenvalue weighted by Gasteiger charge is 2.32. The highest BCUT2D eigenvalue weighted by Crippen LogP contribution is 2.40. The molecule has 2 aromatic carbocycles. The monoisotopic (exact) mass is 460 g/mol. The normalized spacial score (nSPS) is 23.1. The van der Waals surface area contributed by atoms with Gasteiger partial charge in [-0.15, -0.1) is 13.2 Å². The van der Waals surface area contributed by atoms with Crippen LogP contribution >= 0.6 is 0 Å². The first-order valence-corrected chi connectivity index (χ1v) is 12.1. The molecule has 0 bridgehead atoms. The maximum atomic E-state index is 15.0. The molecule has 4 rings (SSSR count). The van der Waals surface area contributed by atoms with E-state index in [2.05, 4.69) is 42.0 Å². The minimum atomic E-state index is -4.68. The summed E-state index contributed by atoms with van der Waals surface area (Å²) < 4.78 is 56.4. The third-order valence-corrected chi connectivity index (χ3v) is 7.17. The van der Waals surface area contributed by atoms with Gasteiger partial charge in [0.2, 0.25) is 0 Å². The number of alkyl halides is 4. The number of hydrogen-bond donors (Lipinski definition) is 0. The number of ether oxygens (including phenoxy) is 1. The molecule has 1 fully saturated rings. The van der Waals surface area contributed by atoms with Gasteiger partial charge in [0.05, 0.1) is 0 Å². The van der Waals surface area contributed by atoms with Crippen LogP contribution in [0.5, 0.6) is 5.75 Å². The van der Waals surface area contributed by atoms with Crippen molar-refractivity contribution in [2.45, 2.75) is 83.2 Å².